The smallest absolute Gasteiger partial charge is 0.320 e. The Morgan fingerprint density at radius 3 is 2.31 bits per heavy atom. The SMILES string of the molecule is O=C(O)[C@H]1CC[C@H](C(=O)N2CCNCC2)N1. The van der Waals surface area contributed by atoms with E-state index in [1.54, 1.807) is 4.90 Å². The van der Waals surface area contributed by atoms with Crippen molar-refractivity contribution in [1.82, 2.24) is 15.5 Å². The van der Waals surface area contributed by atoms with Crippen LogP contribution in [0.2, 0.25) is 0 Å². The highest BCUT2D eigenvalue weighted by atomic mass is 16.4. The molecule has 0 bridgehead atoms. The summed E-state index contributed by atoms with van der Waals surface area (Å²) in [5.41, 5.74) is 0. The van der Waals surface area contributed by atoms with Crippen molar-refractivity contribution in [1.29, 1.82) is 0 Å². The van der Waals surface area contributed by atoms with Crippen LogP contribution in [-0.4, -0.2) is 60.1 Å². The van der Waals surface area contributed by atoms with Gasteiger partial charge in [0.25, 0.3) is 0 Å². The van der Waals surface area contributed by atoms with Gasteiger partial charge in [0.2, 0.25) is 5.91 Å². The minimum absolute atomic E-state index is 0.0465. The van der Waals surface area contributed by atoms with Crippen molar-refractivity contribution in [2.24, 2.45) is 0 Å². The number of carboxylic acid groups (broad SMARTS) is 1. The van der Waals surface area contributed by atoms with Gasteiger partial charge in [-0.25, -0.2) is 0 Å². The lowest BCUT2D eigenvalue weighted by Crippen LogP contribution is -2.52. The van der Waals surface area contributed by atoms with Gasteiger partial charge in [0, 0.05) is 26.2 Å². The Morgan fingerprint density at radius 1 is 1.12 bits per heavy atom. The standard InChI is InChI=1S/C10H17N3O3/c14-9(13-5-3-11-4-6-13)7-1-2-8(12-7)10(15)16/h7-8,11-12H,1-6H2,(H,15,16)/t7-,8-/m1/s1. The van der Waals surface area contributed by atoms with Gasteiger partial charge in [-0.15, -0.1) is 0 Å². The van der Waals surface area contributed by atoms with E-state index in [0.29, 0.717) is 12.8 Å². The highest BCUT2D eigenvalue weighted by molar-refractivity contribution is 5.84. The summed E-state index contributed by atoms with van der Waals surface area (Å²) < 4.78 is 0. The summed E-state index contributed by atoms with van der Waals surface area (Å²) in [7, 11) is 0. The topological polar surface area (TPSA) is 81.7 Å². The van der Waals surface area contributed by atoms with Crippen molar-refractivity contribution in [3.8, 4) is 0 Å². The van der Waals surface area contributed by atoms with Crippen LogP contribution in [0.3, 0.4) is 0 Å². The third-order valence-electron chi connectivity index (χ3n) is 3.17. The van der Waals surface area contributed by atoms with Gasteiger partial charge >= 0.3 is 5.97 Å². The Labute approximate surface area is 94.0 Å². The van der Waals surface area contributed by atoms with Gasteiger partial charge in [0.15, 0.2) is 0 Å². The second kappa shape index (κ2) is 4.80. The van der Waals surface area contributed by atoms with Crippen LogP contribution >= 0.6 is 0 Å². The third-order valence-corrected chi connectivity index (χ3v) is 3.17. The molecule has 2 aliphatic rings. The molecule has 2 aliphatic heterocycles. The van der Waals surface area contributed by atoms with Gasteiger partial charge < -0.3 is 15.3 Å². The lowest BCUT2D eigenvalue weighted by atomic mass is 10.1. The summed E-state index contributed by atoms with van der Waals surface area (Å²) in [5.74, 6) is -0.819. The fraction of sp³-hybridized carbons (Fsp3) is 0.800. The first-order chi connectivity index (χ1) is 7.68. The number of rotatable bonds is 2. The zero-order valence-corrected chi connectivity index (χ0v) is 9.11. The van der Waals surface area contributed by atoms with Gasteiger partial charge in [-0.2, -0.15) is 0 Å². The van der Waals surface area contributed by atoms with E-state index in [2.05, 4.69) is 10.6 Å². The van der Waals surface area contributed by atoms with Gasteiger partial charge in [-0.05, 0) is 12.8 Å². The highest BCUT2D eigenvalue weighted by Gasteiger charge is 2.35. The Balaban J connectivity index is 1.88. The van der Waals surface area contributed by atoms with Crippen molar-refractivity contribution in [3.63, 3.8) is 0 Å². The Morgan fingerprint density at radius 2 is 1.75 bits per heavy atom. The maximum absolute atomic E-state index is 12.0. The molecule has 2 rings (SSSR count). The Bertz CT molecular complexity index is 289. The number of carbonyl (C=O) groups is 2. The van der Waals surface area contributed by atoms with Crippen molar-refractivity contribution in [2.45, 2.75) is 24.9 Å². The zero-order chi connectivity index (χ0) is 11.5. The maximum Gasteiger partial charge on any atom is 0.320 e. The molecular formula is C10H17N3O3. The number of hydrogen-bond acceptors (Lipinski definition) is 4. The largest absolute Gasteiger partial charge is 0.480 e. The molecule has 1 amide bonds. The Kier molecular flexibility index (Phi) is 3.40. The lowest BCUT2D eigenvalue weighted by Gasteiger charge is -2.29. The van der Waals surface area contributed by atoms with Crippen LogP contribution in [0.1, 0.15) is 12.8 Å². The molecule has 0 spiro atoms. The van der Waals surface area contributed by atoms with Crippen LogP contribution in [0.25, 0.3) is 0 Å². The fourth-order valence-electron chi connectivity index (χ4n) is 2.24. The first-order valence-electron chi connectivity index (χ1n) is 5.67. The molecule has 2 saturated heterocycles. The van der Waals surface area contributed by atoms with E-state index in [4.69, 9.17) is 5.11 Å². The summed E-state index contributed by atoms with van der Waals surface area (Å²) in [6.45, 7) is 3.07. The van der Waals surface area contributed by atoms with E-state index < -0.39 is 12.0 Å². The molecule has 0 aromatic rings. The average molecular weight is 227 g/mol. The molecule has 90 valence electrons. The van der Waals surface area contributed by atoms with Gasteiger partial charge in [-0.3, -0.25) is 14.9 Å². The predicted molar refractivity (Wildman–Crippen MR) is 57.0 cm³/mol. The van der Waals surface area contributed by atoms with Crippen LogP contribution in [0.15, 0.2) is 0 Å². The van der Waals surface area contributed by atoms with E-state index in [9.17, 15) is 9.59 Å². The molecule has 3 N–H and O–H groups in total. The fourth-order valence-corrected chi connectivity index (χ4v) is 2.24. The number of amides is 1. The molecule has 0 unspecified atom stereocenters. The van der Waals surface area contributed by atoms with E-state index in [0.717, 1.165) is 26.2 Å². The molecule has 0 aromatic heterocycles. The van der Waals surface area contributed by atoms with Crippen LogP contribution in [-0.2, 0) is 9.59 Å². The van der Waals surface area contributed by atoms with Crippen LogP contribution in [0, 0.1) is 0 Å². The van der Waals surface area contributed by atoms with Crippen LogP contribution in [0.5, 0.6) is 0 Å². The molecule has 0 aliphatic carbocycles. The van der Waals surface area contributed by atoms with E-state index in [1.165, 1.54) is 0 Å². The first-order valence-corrected chi connectivity index (χ1v) is 5.67. The number of nitrogens with one attached hydrogen (secondary N) is 2. The molecule has 2 fully saturated rings. The quantitative estimate of drug-likeness (QED) is 0.542. The van der Waals surface area contributed by atoms with Gasteiger partial charge in [-0.1, -0.05) is 0 Å². The van der Waals surface area contributed by atoms with E-state index in [-0.39, 0.29) is 11.9 Å². The maximum atomic E-state index is 12.0. The Hall–Kier alpha value is -1.14. The van der Waals surface area contributed by atoms with Crippen molar-refractivity contribution in [3.05, 3.63) is 0 Å². The van der Waals surface area contributed by atoms with E-state index >= 15 is 0 Å². The molecule has 6 nitrogen and oxygen atoms in total. The minimum atomic E-state index is -0.865. The molecule has 6 heteroatoms. The summed E-state index contributed by atoms with van der Waals surface area (Å²) in [4.78, 5) is 24.6. The predicted octanol–water partition coefficient (Wildman–Crippen LogP) is -1.38. The second-order valence-electron chi connectivity index (χ2n) is 4.26. The molecule has 2 heterocycles. The molecule has 2 atom stereocenters. The lowest BCUT2D eigenvalue weighted by molar-refractivity contribution is -0.139. The molecule has 0 saturated carbocycles. The van der Waals surface area contributed by atoms with Crippen molar-refractivity contribution in [2.75, 3.05) is 26.2 Å². The van der Waals surface area contributed by atoms with Crippen molar-refractivity contribution >= 4 is 11.9 Å². The number of piperazine rings is 1. The normalized spacial score (nSPS) is 30.4. The van der Waals surface area contributed by atoms with Crippen LogP contribution in [0.4, 0.5) is 0 Å². The minimum Gasteiger partial charge on any atom is -0.480 e. The summed E-state index contributed by atoms with van der Waals surface area (Å²) in [6.07, 6.45) is 1.16. The van der Waals surface area contributed by atoms with Gasteiger partial charge in [0.05, 0.1) is 6.04 Å². The van der Waals surface area contributed by atoms with Gasteiger partial charge in [0.1, 0.15) is 6.04 Å². The zero-order valence-electron chi connectivity index (χ0n) is 9.11. The molecule has 0 aromatic carbocycles. The summed E-state index contributed by atoms with van der Waals surface area (Å²) in [6, 6.07) is -0.865. The molecular weight excluding hydrogens is 210 g/mol. The number of carboxylic acids is 1. The third kappa shape index (κ3) is 2.33. The van der Waals surface area contributed by atoms with Crippen LogP contribution < -0.4 is 10.6 Å². The number of carbonyl (C=O) groups excluding carboxylic acids is 1. The highest BCUT2D eigenvalue weighted by Crippen LogP contribution is 2.15. The monoisotopic (exact) mass is 227 g/mol. The van der Waals surface area contributed by atoms with Crippen molar-refractivity contribution < 1.29 is 14.7 Å². The average Bonchev–Trinajstić information content (AvgIpc) is 2.78. The molecule has 16 heavy (non-hydrogen) atoms. The summed E-state index contributed by atoms with van der Waals surface area (Å²) in [5, 5.41) is 14.9. The number of nitrogens with zero attached hydrogens (tertiary/aromatic N) is 1. The summed E-state index contributed by atoms with van der Waals surface area (Å²) >= 11 is 0. The number of aliphatic carboxylic acids is 1. The van der Waals surface area contributed by atoms with E-state index in [1.807, 2.05) is 0 Å². The first kappa shape index (κ1) is 11.3. The molecule has 0 radical (unpaired) electrons. The number of hydrogen-bond donors (Lipinski definition) is 3. The second-order valence-corrected chi connectivity index (χ2v) is 4.26.